The minimum atomic E-state index is -0.563. The third-order valence-electron chi connectivity index (χ3n) is 2.10. The van der Waals surface area contributed by atoms with Crippen LogP contribution in [-0.4, -0.2) is 27.6 Å². The summed E-state index contributed by atoms with van der Waals surface area (Å²) in [5.74, 6) is -0.500. The molecule has 1 heterocycles. The molecule has 2 N–H and O–H groups in total. The molecule has 6 nitrogen and oxygen atoms in total. The summed E-state index contributed by atoms with van der Waals surface area (Å²) in [5.41, 5.74) is 6.38. The topological polar surface area (TPSA) is 83.0 Å². The number of aromatic nitrogens is 3. The first-order valence-corrected chi connectivity index (χ1v) is 5.17. The van der Waals surface area contributed by atoms with Crippen LogP contribution in [0.1, 0.15) is 17.4 Å². The second-order valence-electron chi connectivity index (χ2n) is 3.28. The van der Waals surface area contributed by atoms with Crippen LogP contribution in [0.4, 0.5) is 5.82 Å². The van der Waals surface area contributed by atoms with E-state index in [1.807, 2.05) is 30.3 Å². The number of anilines is 1. The molecule has 0 atom stereocenters. The van der Waals surface area contributed by atoms with Gasteiger partial charge in [0.25, 0.3) is 0 Å². The number of rotatable bonds is 3. The van der Waals surface area contributed by atoms with Crippen LogP contribution in [0.25, 0.3) is 5.69 Å². The number of hydrogen-bond acceptors (Lipinski definition) is 5. The molecule has 0 amide bonds. The lowest BCUT2D eigenvalue weighted by molar-refractivity contribution is 0.0520. The zero-order valence-electron chi connectivity index (χ0n) is 9.33. The van der Waals surface area contributed by atoms with Crippen LogP contribution in [0.5, 0.6) is 0 Å². The predicted octanol–water partition coefficient (Wildman–Crippen LogP) is 1.03. The SMILES string of the molecule is CCOC(=O)c1nn(-c2ccccc2)nc1N. The maximum absolute atomic E-state index is 11.5. The minimum Gasteiger partial charge on any atom is -0.461 e. The molecule has 0 radical (unpaired) electrons. The fourth-order valence-corrected chi connectivity index (χ4v) is 1.34. The van der Waals surface area contributed by atoms with Crippen molar-refractivity contribution in [3.63, 3.8) is 0 Å². The van der Waals surface area contributed by atoms with Gasteiger partial charge in [-0.3, -0.25) is 0 Å². The Morgan fingerprint density at radius 3 is 2.71 bits per heavy atom. The van der Waals surface area contributed by atoms with Crippen LogP contribution in [0.2, 0.25) is 0 Å². The van der Waals surface area contributed by atoms with Crippen molar-refractivity contribution in [1.29, 1.82) is 0 Å². The van der Waals surface area contributed by atoms with Gasteiger partial charge in [-0.1, -0.05) is 18.2 Å². The molecular formula is C11H12N4O2. The molecule has 0 fully saturated rings. The highest BCUT2D eigenvalue weighted by atomic mass is 16.5. The maximum atomic E-state index is 11.5. The van der Waals surface area contributed by atoms with E-state index >= 15 is 0 Å². The summed E-state index contributed by atoms with van der Waals surface area (Å²) in [7, 11) is 0. The Hall–Kier alpha value is -2.37. The first kappa shape index (κ1) is 11.1. The van der Waals surface area contributed by atoms with E-state index in [9.17, 15) is 4.79 Å². The summed E-state index contributed by atoms with van der Waals surface area (Å²) in [5, 5.41) is 7.97. The van der Waals surface area contributed by atoms with E-state index in [1.54, 1.807) is 6.92 Å². The molecule has 0 spiro atoms. The number of hydrogen-bond donors (Lipinski definition) is 1. The van der Waals surface area contributed by atoms with Gasteiger partial charge in [0, 0.05) is 0 Å². The predicted molar refractivity (Wildman–Crippen MR) is 61.7 cm³/mol. The Bertz CT molecular complexity index is 522. The fourth-order valence-electron chi connectivity index (χ4n) is 1.34. The van der Waals surface area contributed by atoms with Gasteiger partial charge in [0.1, 0.15) is 0 Å². The molecular weight excluding hydrogens is 220 g/mol. The van der Waals surface area contributed by atoms with Crippen LogP contribution in [0, 0.1) is 0 Å². The molecule has 6 heteroatoms. The van der Waals surface area contributed by atoms with Gasteiger partial charge in [-0.15, -0.1) is 15.0 Å². The molecule has 0 aliphatic carbocycles. The zero-order chi connectivity index (χ0) is 12.3. The summed E-state index contributed by atoms with van der Waals surface area (Å²) >= 11 is 0. The van der Waals surface area contributed by atoms with Crippen molar-refractivity contribution in [3.05, 3.63) is 36.0 Å². The highest BCUT2D eigenvalue weighted by Gasteiger charge is 2.17. The summed E-state index contributed by atoms with van der Waals surface area (Å²) in [6.07, 6.45) is 0. The van der Waals surface area contributed by atoms with E-state index in [1.165, 1.54) is 4.80 Å². The number of para-hydroxylation sites is 1. The van der Waals surface area contributed by atoms with Crippen LogP contribution in [0.3, 0.4) is 0 Å². The van der Waals surface area contributed by atoms with Crippen LogP contribution < -0.4 is 5.73 Å². The Labute approximate surface area is 98.0 Å². The Kier molecular flexibility index (Phi) is 3.04. The smallest absolute Gasteiger partial charge is 0.362 e. The monoisotopic (exact) mass is 232 g/mol. The van der Waals surface area contributed by atoms with Gasteiger partial charge in [-0.2, -0.15) is 0 Å². The van der Waals surface area contributed by atoms with Gasteiger partial charge < -0.3 is 10.5 Å². The van der Waals surface area contributed by atoms with Gasteiger partial charge in [-0.25, -0.2) is 4.79 Å². The van der Waals surface area contributed by atoms with Crippen molar-refractivity contribution >= 4 is 11.8 Å². The number of nitrogen functional groups attached to an aromatic ring is 1. The van der Waals surface area contributed by atoms with Crippen molar-refractivity contribution in [3.8, 4) is 5.69 Å². The lowest BCUT2D eigenvalue weighted by atomic mass is 10.3. The second kappa shape index (κ2) is 4.65. The van der Waals surface area contributed by atoms with E-state index in [0.29, 0.717) is 0 Å². The molecule has 1 aromatic heterocycles. The Balaban J connectivity index is 2.34. The van der Waals surface area contributed by atoms with E-state index in [-0.39, 0.29) is 18.1 Å². The molecule has 0 aliphatic rings. The van der Waals surface area contributed by atoms with Gasteiger partial charge in [0.15, 0.2) is 5.82 Å². The molecule has 2 rings (SSSR count). The first-order valence-electron chi connectivity index (χ1n) is 5.17. The molecule has 0 unspecified atom stereocenters. The molecule has 0 saturated heterocycles. The summed E-state index contributed by atoms with van der Waals surface area (Å²) < 4.78 is 4.82. The molecule has 0 bridgehead atoms. The zero-order valence-corrected chi connectivity index (χ0v) is 9.33. The van der Waals surface area contributed by atoms with Crippen molar-refractivity contribution in [2.45, 2.75) is 6.92 Å². The highest BCUT2D eigenvalue weighted by Crippen LogP contribution is 2.11. The van der Waals surface area contributed by atoms with E-state index in [2.05, 4.69) is 10.2 Å². The average Bonchev–Trinajstić information content (AvgIpc) is 2.73. The Morgan fingerprint density at radius 1 is 1.35 bits per heavy atom. The average molecular weight is 232 g/mol. The van der Waals surface area contributed by atoms with Gasteiger partial charge in [0.2, 0.25) is 5.69 Å². The highest BCUT2D eigenvalue weighted by molar-refractivity contribution is 5.91. The van der Waals surface area contributed by atoms with Crippen LogP contribution in [-0.2, 0) is 4.74 Å². The lowest BCUT2D eigenvalue weighted by Gasteiger charge is -1.97. The molecule has 0 saturated carbocycles. The molecule has 17 heavy (non-hydrogen) atoms. The number of ether oxygens (including phenoxy) is 1. The summed E-state index contributed by atoms with van der Waals surface area (Å²) in [6, 6.07) is 9.20. The Morgan fingerprint density at radius 2 is 2.06 bits per heavy atom. The quantitative estimate of drug-likeness (QED) is 0.799. The fraction of sp³-hybridized carbons (Fsp3) is 0.182. The minimum absolute atomic E-state index is 0.0377. The number of esters is 1. The lowest BCUT2D eigenvalue weighted by Crippen LogP contribution is -2.08. The van der Waals surface area contributed by atoms with Crippen LogP contribution >= 0.6 is 0 Å². The van der Waals surface area contributed by atoms with Gasteiger partial charge in [-0.05, 0) is 19.1 Å². The number of carbonyl (C=O) groups is 1. The number of carbonyl (C=O) groups excluding carboxylic acids is 1. The normalized spacial score (nSPS) is 10.2. The summed E-state index contributed by atoms with van der Waals surface area (Å²) in [4.78, 5) is 12.8. The van der Waals surface area contributed by atoms with E-state index < -0.39 is 5.97 Å². The van der Waals surface area contributed by atoms with Gasteiger partial charge in [0.05, 0.1) is 12.3 Å². The van der Waals surface area contributed by atoms with Gasteiger partial charge >= 0.3 is 5.97 Å². The first-order chi connectivity index (χ1) is 8.22. The third-order valence-corrected chi connectivity index (χ3v) is 2.10. The van der Waals surface area contributed by atoms with E-state index in [4.69, 9.17) is 10.5 Å². The number of benzene rings is 1. The molecule has 88 valence electrons. The van der Waals surface area contributed by atoms with Crippen molar-refractivity contribution in [1.82, 2.24) is 15.0 Å². The van der Waals surface area contributed by atoms with Crippen molar-refractivity contribution in [2.24, 2.45) is 0 Å². The molecule has 2 aromatic rings. The molecule has 0 aliphatic heterocycles. The maximum Gasteiger partial charge on any atom is 0.362 e. The third kappa shape index (κ3) is 2.25. The number of nitrogens with two attached hydrogens (primary N) is 1. The number of nitrogens with zero attached hydrogens (tertiary/aromatic N) is 3. The molecule has 1 aromatic carbocycles. The standard InChI is InChI=1S/C11H12N4O2/c1-2-17-11(16)9-10(12)14-15(13-9)8-6-4-3-5-7-8/h3-7H,2H2,1H3,(H2,12,14). The van der Waals surface area contributed by atoms with Crippen molar-refractivity contribution < 1.29 is 9.53 Å². The second-order valence-corrected chi connectivity index (χ2v) is 3.28. The van der Waals surface area contributed by atoms with Crippen LogP contribution in [0.15, 0.2) is 30.3 Å². The van der Waals surface area contributed by atoms with Crippen molar-refractivity contribution in [2.75, 3.05) is 12.3 Å². The largest absolute Gasteiger partial charge is 0.461 e. The van der Waals surface area contributed by atoms with E-state index in [0.717, 1.165) is 5.69 Å². The summed E-state index contributed by atoms with van der Waals surface area (Å²) in [6.45, 7) is 1.99.